The molecule has 1 unspecified atom stereocenters. The number of hydrogen-bond donors (Lipinski definition) is 1. The predicted molar refractivity (Wildman–Crippen MR) is 64.2 cm³/mol. The lowest BCUT2D eigenvalue weighted by Crippen LogP contribution is -2.29. The largest absolute Gasteiger partial charge is 0.298 e. The van der Waals surface area contributed by atoms with Gasteiger partial charge in [-0.1, -0.05) is 35.9 Å². The number of allylic oxidation sites excluding steroid dienone is 1. The number of carbonyl (C=O) groups excluding carboxylic acids is 1. The average molecular weight is 214 g/mol. The third-order valence-corrected chi connectivity index (χ3v) is 2.61. The highest BCUT2D eigenvalue weighted by Crippen LogP contribution is 2.26. The molecule has 1 heterocycles. The number of Topliss-reactive ketones (excluding diaryl/α,β-unsaturated/α-hetero) is 1. The zero-order chi connectivity index (χ0) is 11.5. The second-order valence-electron chi connectivity index (χ2n) is 4.01. The van der Waals surface area contributed by atoms with Crippen molar-refractivity contribution in [3.05, 3.63) is 47.0 Å². The van der Waals surface area contributed by atoms with Crippen LogP contribution in [0.3, 0.4) is 0 Å². The summed E-state index contributed by atoms with van der Waals surface area (Å²) >= 11 is 0. The second kappa shape index (κ2) is 4.31. The second-order valence-corrected chi connectivity index (χ2v) is 4.01. The van der Waals surface area contributed by atoms with Crippen LogP contribution in [-0.2, 0) is 4.79 Å². The Labute approximate surface area is 94.9 Å². The van der Waals surface area contributed by atoms with Crippen LogP contribution in [-0.4, -0.2) is 12.0 Å². The minimum absolute atomic E-state index is 0.00685. The van der Waals surface area contributed by atoms with Gasteiger partial charge in [-0.05, 0) is 19.4 Å². The van der Waals surface area contributed by atoms with Gasteiger partial charge in [0.15, 0.2) is 0 Å². The van der Waals surface area contributed by atoms with Crippen LogP contribution in [0.5, 0.6) is 0 Å². The molecule has 1 aliphatic heterocycles. The Morgan fingerprint density at radius 3 is 2.56 bits per heavy atom. The Bertz CT molecular complexity index is 456. The third kappa shape index (κ3) is 1.89. The van der Waals surface area contributed by atoms with Crippen LogP contribution in [0.4, 0.5) is 0 Å². The van der Waals surface area contributed by atoms with Gasteiger partial charge in [-0.15, -0.1) is 0 Å². The van der Waals surface area contributed by atoms with E-state index in [0.29, 0.717) is 0 Å². The summed E-state index contributed by atoms with van der Waals surface area (Å²) in [6.45, 7) is 3.90. The van der Waals surface area contributed by atoms with Gasteiger partial charge in [-0.2, -0.15) is 5.10 Å². The van der Waals surface area contributed by atoms with E-state index in [9.17, 15) is 4.79 Å². The fourth-order valence-corrected chi connectivity index (χ4v) is 1.87. The van der Waals surface area contributed by atoms with Gasteiger partial charge >= 0.3 is 0 Å². The molecule has 0 radical (unpaired) electrons. The molecule has 1 aliphatic rings. The molecule has 0 aromatic heterocycles. The van der Waals surface area contributed by atoms with Crippen LogP contribution >= 0.6 is 0 Å². The summed E-state index contributed by atoms with van der Waals surface area (Å²) in [5.74, 6) is -0.00685. The first-order valence-electron chi connectivity index (χ1n) is 5.25. The number of ketones is 1. The lowest BCUT2D eigenvalue weighted by Gasteiger charge is -2.23. The van der Waals surface area contributed by atoms with Gasteiger partial charge in [0, 0.05) is 5.57 Å². The zero-order valence-corrected chi connectivity index (χ0v) is 9.40. The minimum atomic E-state index is -0.122. The number of nitrogens with zero attached hydrogens (tertiary/aromatic N) is 1. The Kier molecular flexibility index (Phi) is 2.86. The van der Waals surface area contributed by atoms with Crippen molar-refractivity contribution in [3.63, 3.8) is 0 Å². The van der Waals surface area contributed by atoms with E-state index in [1.165, 1.54) is 6.21 Å². The van der Waals surface area contributed by atoms with Gasteiger partial charge in [0.25, 0.3) is 0 Å². The van der Waals surface area contributed by atoms with E-state index in [1.807, 2.05) is 44.2 Å². The third-order valence-electron chi connectivity index (χ3n) is 2.61. The van der Waals surface area contributed by atoms with Crippen LogP contribution < -0.4 is 5.43 Å². The first kappa shape index (κ1) is 10.6. The highest BCUT2D eigenvalue weighted by Gasteiger charge is 2.25. The van der Waals surface area contributed by atoms with Gasteiger partial charge in [0.2, 0.25) is 5.78 Å². The topological polar surface area (TPSA) is 41.5 Å². The molecule has 3 nitrogen and oxygen atoms in total. The summed E-state index contributed by atoms with van der Waals surface area (Å²) in [6.07, 6.45) is 1.34. The number of nitrogens with one attached hydrogen (secondary N) is 1. The molecule has 0 saturated carbocycles. The van der Waals surface area contributed by atoms with E-state index in [4.69, 9.17) is 0 Å². The monoisotopic (exact) mass is 214 g/mol. The average Bonchev–Trinajstić information content (AvgIpc) is 2.29. The van der Waals surface area contributed by atoms with Crippen LogP contribution in [0.1, 0.15) is 25.5 Å². The molecule has 0 amide bonds. The van der Waals surface area contributed by atoms with Gasteiger partial charge < -0.3 is 0 Å². The number of hydrazone groups is 1. The number of benzene rings is 1. The molecule has 1 atom stereocenters. The highest BCUT2D eigenvalue weighted by atomic mass is 16.1. The van der Waals surface area contributed by atoms with Crippen LogP contribution in [0.25, 0.3) is 0 Å². The van der Waals surface area contributed by atoms with Crippen LogP contribution in [0.2, 0.25) is 0 Å². The van der Waals surface area contributed by atoms with Crippen molar-refractivity contribution < 1.29 is 4.79 Å². The maximum atomic E-state index is 11.8. The van der Waals surface area contributed by atoms with Crippen molar-refractivity contribution in [2.45, 2.75) is 19.9 Å². The molecule has 2 rings (SSSR count). The standard InChI is InChI=1S/C13H14N2O/c1-9(2)12-11(16)8-14-15-13(12)10-6-4-3-5-7-10/h3-8,13,15H,1-2H3. The summed E-state index contributed by atoms with van der Waals surface area (Å²) in [6, 6.07) is 9.75. The molecule has 16 heavy (non-hydrogen) atoms. The predicted octanol–water partition coefficient (Wildman–Crippen LogP) is 2.22. The fourth-order valence-electron chi connectivity index (χ4n) is 1.87. The lowest BCUT2D eigenvalue weighted by atomic mass is 9.92. The number of hydrogen-bond acceptors (Lipinski definition) is 3. The summed E-state index contributed by atoms with van der Waals surface area (Å²) in [4.78, 5) is 11.8. The molecule has 0 bridgehead atoms. The molecule has 1 aromatic rings. The van der Waals surface area contributed by atoms with Gasteiger partial charge in [-0.3, -0.25) is 10.2 Å². The molecule has 0 saturated heterocycles. The molecule has 82 valence electrons. The maximum absolute atomic E-state index is 11.8. The van der Waals surface area contributed by atoms with Crippen molar-refractivity contribution in [1.29, 1.82) is 0 Å². The first-order valence-corrected chi connectivity index (χ1v) is 5.25. The number of rotatable bonds is 1. The Morgan fingerprint density at radius 1 is 1.25 bits per heavy atom. The van der Waals surface area contributed by atoms with Gasteiger partial charge in [0.1, 0.15) is 0 Å². The maximum Gasteiger partial charge on any atom is 0.204 e. The Hall–Kier alpha value is -1.90. The SMILES string of the molecule is CC(C)=C1C(=O)C=NNC1c1ccccc1. The van der Waals surface area contributed by atoms with Crippen LogP contribution in [0.15, 0.2) is 46.6 Å². The minimum Gasteiger partial charge on any atom is -0.298 e. The van der Waals surface area contributed by atoms with Crippen molar-refractivity contribution in [3.8, 4) is 0 Å². The molecule has 1 N–H and O–H groups in total. The lowest BCUT2D eigenvalue weighted by molar-refractivity contribution is -0.110. The molecular weight excluding hydrogens is 200 g/mol. The van der Waals surface area contributed by atoms with E-state index in [2.05, 4.69) is 10.5 Å². The smallest absolute Gasteiger partial charge is 0.204 e. The molecular formula is C13H14N2O. The molecule has 0 spiro atoms. The highest BCUT2D eigenvalue weighted by molar-refractivity contribution is 6.36. The number of carbonyl (C=O) groups is 1. The van der Waals surface area contributed by atoms with E-state index < -0.39 is 0 Å². The molecule has 1 aromatic carbocycles. The van der Waals surface area contributed by atoms with E-state index in [0.717, 1.165) is 16.7 Å². The summed E-state index contributed by atoms with van der Waals surface area (Å²) in [7, 11) is 0. The Balaban J connectivity index is 2.45. The van der Waals surface area contributed by atoms with Crippen LogP contribution in [0, 0.1) is 0 Å². The quantitative estimate of drug-likeness (QED) is 0.728. The van der Waals surface area contributed by atoms with E-state index in [-0.39, 0.29) is 11.8 Å². The first-order chi connectivity index (χ1) is 7.70. The van der Waals surface area contributed by atoms with Crippen molar-refractivity contribution in [2.24, 2.45) is 5.10 Å². The van der Waals surface area contributed by atoms with Gasteiger partial charge in [-0.25, -0.2) is 0 Å². The summed E-state index contributed by atoms with van der Waals surface area (Å²) < 4.78 is 0. The zero-order valence-electron chi connectivity index (χ0n) is 9.40. The molecule has 0 fully saturated rings. The van der Waals surface area contributed by atoms with Gasteiger partial charge in [0.05, 0.1) is 12.3 Å². The summed E-state index contributed by atoms with van der Waals surface area (Å²) in [5, 5.41) is 3.89. The van der Waals surface area contributed by atoms with E-state index in [1.54, 1.807) is 0 Å². The molecule has 0 aliphatic carbocycles. The summed E-state index contributed by atoms with van der Waals surface area (Å²) in [5.41, 5.74) is 5.87. The normalized spacial score (nSPS) is 19.5. The van der Waals surface area contributed by atoms with Crippen molar-refractivity contribution in [1.82, 2.24) is 5.43 Å². The fraction of sp³-hybridized carbons (Fsp3) is 0.231. The van der Waals surface area contributed by atoms with E-state index >= 15 is 0 Å². The van der Waals surface area contributed by atoms with Crippen molar-refractivity contribution >= 4 is 12.0 Å². The van der Waals surface area contributed by atoms with Crippen molar-refractivity contribution in [2.75, 3.05) is 0 Å². The molecule has 3 heteroatoms. The Morgan fingerprint density at radius 2 is 1.94 bits per heavy atom.